The van der Waals surface area contributed by atoms with Crippen LogP contribution in [0.15, 0.2) is 78.9 Å². The molecule has 4 atom stereocenters. The molecule has 0 amide bonds. The first-order valence-corrected chi connectivity index (χ1v) is 10.5. The normalized spacial score (nSPS) is 30.3. The number of anilines is 1. The number of ketones is 1. The number of Topliss-reactive ketones (excluding diaryl/α,β-unsaturated/α-hetero) is 1. The molecular weight excluding hydrogens is 342 g/mol. The summed E-state index contributed by atoms with van der Waals surface area (Å²) in [5, 5.41) is 0. The van der Waals surface area contributed by atoms with Crippen molar-refractivity contribution in [2.75, 3.05) is 4.90 Å². The molecule has 2 heteroatoms. The van der Waals surface area contributed by atoms with Crippen LogP contribution in [0.5, 0.6) is 0 Å². The summed E-state index contributed by atoms with van der Waals surface area (Å²) in [4.78, 5) is 15.2. The molecule has 1 aliphatic heterocycles. The van der Waals surface area contributed by atoms with Crippen molar-refractivity contribution in [1.29, 1.82) is 0 Å². The standard InChI is InChI=1S/C26H27NO/c1-26-17-6-5-11-23(26)22-10-7-12-24(22)27(26)21-15-13-19(14-16-21)18-25(28)20-8-3-2-4-9-20/h2-6,8-9,11,13-17,22-24H,7,10,12,18H2,1H3. The Morgan fingerprint density at radius 2 is 1.82 bits per heavy atom. The first-order chi connectivity index (χ1) is 13.7. The van der Waals surface area contributed by atoms with Crippen LogP contribution in [-0.2, 0) is 6.42 Å². The molecule has 3 aliphatic rings. The topological polar surface area (TPSA) is 20.3 Å². The Balaban J connectivity index is 1.40. The van der Waals surface area contributed by atoms with Gasteiger partial charge in [-0.05, 0) is 43.4 Å². The number of fused-ring (bicyclic) bond motifs is 3. The largest absolute Gasteiger partial charge is 0.359 e. The van der Waals surface area contributed by atoms with Crippen LogP contribution in [0.25, 0.3) is 0 Å². The van der Waals surface area contributed by atoms with Gasteiger partial charge in [-0.25, -0.2) is 0 Å². The smallest absolute Gasteiger partial charge is 0.167 e. The van der Waals surface area contributed by atoms with Gasteiger partial charge < -0.3 is 4.90 Å². The van der Waals surface area contributed by atoms with E-state index in [1.807, 2.05) is 30.3 Å². The van der Waals surface area contributed by atoms with Gasteiger partial charge in [-0.2, -0.15) is 0 Å². The van der Waals surface area contributed by atoms with E-state index in [2.05, 4.69) is 60.4 Å². The second-order valence-electron chi connectivity index (χ2n) is 8.66. The minimum absolute atomic E-state index is 0.0614. The van der Waals surface area contributed by atoms with Gasteiger partial charge >= 0.3 is 0 Å². The predicted octanol–water partition coefficient (Wildman–Crippen LogP) is 5.60. The Hall–Kier alpha value is -2.61. The number of benzene rings is 2. The zero-order valence-electron chi connectivity index (χ0n) is 16.4. The van der Waals surface area contributed by atoms with Gasteiger partial charge in [0.15, 0.2) is 5.78 Å². The van der Waals surface area contributed by atoms with E-state index in [0.29, 0.717) is 18.4 Å². The van der Waals surface area contributed by atoms with Gasteiger partial charge in [0.1, 0.15) is 0 Å². The Morgan fingerprint density at radius 1 is 1.04 bits per heavy atom. The molecule has 0 radical (unpaired) electrons. The number of allylic oxidation sites excluding steroid dienone is 2. The number of carbonyl (C=O) groups is 1. The maximum Gasteiger partial charge on any atom is 0.167 e. The van der Waals surface area contributed by atoms with Crippen molar-refractivity contribution in [1.82, 2.24) is 0 Å². The fourth-order valence-electron chi connectivity index (χ4n) is 5.78. The van der Waals surface area contributed by atoms with Crippen LogP contribution in [-0.4, -0.2) is 17.4 Å². The second kappa shape index (κ2) is 6.77. The SMILES string of the molecule is CC12C=CC=CC1C1CCCC1N2c1ccc(CC(=O)c2ccccc2)cc1. The third kappa shape index (κ3) is 2.74. The number of carbonyl (C=O) groups excluding carboxylic acids is 1. The molecule has 0 spiro atoms. The lowest BCUT2D eigenvalue weighted by Gasteiger charge is -2.41. The van der Waals surface area contributed by atoms with Crippen LogP contribution in [0.3, 0.4) is 0 Å². The number of hydrogen-bond acceptors (Lipinski definition) is 2. The molecule has 2 nitrogen and oxygen atoms in total. The highest BCUT2D eigenvalue weighted by atomic mass is 16.1. The summed E-state index contributed by atoms with van der Waals surface area (Å²) in [5.74, 6) is 1.53. The maximum atomic E-state index is 12.5. The van der Waals surface area contributed by atoms with E-state index >= 15 is 0 Å². The first kappa shape index (κ1) is 17.5. The lowest BCUT2D eigenvalue weighted by Crippen LogP contribution is -2.47. The van der Waals surface area contributed by atoms with Gasteiger partial charge in [0.25, 0.3) is 0 Å². The van der Waals surface area contributed by atoms with E-state index in [0.717, 1.165) is 17.0 Å². The molecule has 28 heavy (non-hydrogen) atoms. The van der Waals surface area contributed by atoms with Crippen molar-refractivity contribution in [2.24, 2.45) is 11.8 Å². The van der Waals surface area contributed by atoms with E-state index < -0.39 is 0 Å². The highest BCUT2D eigenvalue weighted by Crippen LogP contribution is 2.54. The summed E-state index contributed by atoms with van der Waals surface area (Å²) >= 11 is 0. The quantitative estimate of drug-likeness (QED) is 0.654. The molecule has 0 N–H and O–H groups in total. The molecule has 0 bridgehead atoms. The molecule has 0 aromatic heterocycles. The molecule has 1 heterocycles. The van der Waals surface area contributed by atoms with Crippen molar-refractivity contribution in [3.63, 3.8) is 0 Å². The monoisotopic (exact) mass is 369 g/mol. The molecule has 1 saturated heterocycles. The summed E-state index contributed by atoms with van der Waals surface area (Å²) in [6, 6.07) is 18.9. The summed E-state index contributed by atoms with van der Waals surface area (Å²) in [6.45, 7) is 2.39. The summed E-state index contributed by atoms with van der Waals surface area (Å²) in [6.07, 6.45) is 13.7. The van der Waals surface area contributed by atoms with E-state index in [9.17, 15) is 4.79 Å². The van der Waals surface area contributed by atoms with Gasteiger partial charge in [-0.1, -0.05) is 73.2 Å². The summed E-state index contributed by atoms with van der Waals surface area (Å²) < 4.78 is 0. The minimum atomic E-state index is 0.0614. The van der Waals surface area contributed by atoms with Crippen molar-refractivity contribution in [3.8, 4) is 0 Å². The van der Waals surface area contributed by atoms with Crippen LogP contribution in [0.2, 0.25) is 0 Å². The predicted molar refractivity (Wildman–Crippen MR) is 115 cm³/mol. The van der Waals surface area contributed by atoms with Gasteiger partial charge in [0.05, 0.1) is 5.54 Å². The van der Waals surface area contributed by atoms with Crippen LogP contribution in [0.1, 0.15) is 42.1 Å². The molecule has 4 unspecified atom stereocenters. The third-order valence-corrected chi connectivity index (χ3v) is 7.06. The lowest BCUT2D eigenvalue weighted by molar-refractivity contribution is 0.0993. The van der Waals surface area contributed by atoms with Crippen molar-refractivity contribution >= 4 is 11.5 Å². The fraction of sp³-hybridized carbons (Fsp3) is 0.346. The van der Waals surface area contributed by atoms with Crippen molar-refractivity contribution < 1.29 is 4.79 Å². The van der Waals surface area contributed by atoms with Crippen LogP contribution < -0.4 is 4.90 Å². The molecular formula is C26H27NO. The summed E-state index contributed by atoms with van der Waals surface area (Å²) in [7, 11) is 0. The highest BCUT2D eigenvalue weighted by Gasteiger charge is 2.55. The van der Waals surface area contributed by atoms with Gasteiger partial charge in [0, 0.05) is 29.6 Å². The maximum absolute atomic E-state index is 12.5. The number of hydrogen-bond donors (Lipinski definition) is 0. The molecule has 2 aliphatic carbocycles. The van der Waals surface area contributed by atoms with E-state index in [1.54, 1.807) is 0 Å². The van der Waals surface area contributed by atoms with E-state index in [4.69, 9.17) is 0 Å². The Kier molecular flexibility index (Phi) is 4.23. The van der Waals surface area contributed by atoms with E-state index in [-0.39, 0.29) is 11.3 Å². The Labute approximate surface area is 167 Å². The molecule has 2 aromatic carbocycles. The minimum Gasteiger partial charge on any atom is -0.359 e. The molecule has 2 aromatic rings. The molecule has 142 valence electrons. The Morgan fingerprint density at radius 3 is 2.61 bits per heavy atom. The zero-order valence-corrected chi connectivity index (χ0v) is 16.4. The van der Waals surface area contributed by atoms with Gasteiger partial charge in [0.2, 0.25) is 0 Å². The molecule has 5 rings (SSSR count). The number of nitrogens with zero attached hydrogens (tertiary/aromatic N) is 1. The van der Waals surface area contributed by atoms with Crippen LogP contribution >= 0.6 is 0 Å². The van der Waals surface area contributed by atoms with Crippen molar-refractivity contribution in [3.05, 3.63) is 90.0 Å². The second-order valence-corrected chi connectivity index (χ2v) is 8.66. The zero-order chi connectivity index (χ0) is 19.1. The van der Waals surface area contributed by atoms with Crippen molar-refractivity contribution in [2.45, 2.75) is 44.2 Å². The average Bonchev–Trinajstić information content (AvgIpc) is 3.27. The molecule has 1 saturated carbocycles. The fourth-order valence-corrected chi connectivity index (χ4v) is 5.78. The average molecular weight is 370 g/mol. The van der Waals surface area contributed by atoms with Gasteiger partial charge in [-0.3, -0.25) is 4.79 Å². The molecule has 2 fully saturated rings. The first-order valence-electron chi connectivity index (χ1n) is 10.5. The summed E-state index contributed by atoms with van der Waals surface area (Å²) in [5.41, 5.74) is 3.22. The van der Waals surface area contributed by atoms with E-state index in [1.165, 1.54) is 24.9 Å². The number of rotatable bonds is 4. The van der Waals surface area contributed by atoms with Gasteiger partial charge in [-0.15, -0.1) is 0 Å². The Bertz CT molecular complexity index is 927. The van der Waals surface area contributed by atoms with Crippen LogP contribution in [0, 0.1) is 11.8 Å². The highest BCUT2D eigenvalue weighted by molar-refractivity contribution is 5.97. The van der Waals surface area contributed by atoms with Crippen LogP contribution in [0.4, 0.5) is 5.69 Å². The lowest BCUT2D eigenvalue weighted by atomic mass is 9.77. The third-order valence-electron chi connectivity index (χ3n) is 7.06.